The number of methoxy groups -OCH3 is 1. The van der Waals surface area contributed by atoms with Crippen molar-refractivity contribution < 1.29 is 14.3 Å². The lowest BCUT2D eigenvalue weighted by atomic mass is 9.93. The molecule has 1 amide bonds. The first-order chi connectivity index (χ1) is 14.1. The highest BCUT2D eigenvalue weighted by Gasteiger charge is 2.41. The molecule has 1 fully saturated rings. The van der Waals surface area contributed by atoms with Gasteiger partial charge in [0.25, 0.3) is 0 Å². The molecule has 3 aliphatic heterocycles. The highest BCUT2D eigenvalue weighted by molar-refractivity contribution is 8.16. The van der Waals surface area contributed by atoms with Crippen LogP contribution in [0.25, 0.3) is 0 Å². The number of thioether (sulfide) groups is 1. The predicted molar refractivity (Wildman–Crippen MR) is 114 cm³/mol. The lowest BCUT2D eigenvalue weighted by molar-refractivity contribution is -0.136. The van der Waals surface area contributed by atoms with Gasteiger partial charge in [0.1, 0.15) is 0 Å². The van der Waals surface area contributed by atoms with E-state index < -0.39 is 0 Å². The number of allylic oxidation sites excluding steroid dienone is 1. The quantitative estimate of drug-likeness (QED) is 0.689. The van der Waals surface area contributed by atoms with Crippen molar-refractivity contribution in [3.63, 3.8) is 0 Å². The zero-order valence-corrected chi connectivity index (χ0v) is 17.6. The number of amidine groups is 1. The van der Waals surface area contributed by atoms with Crippen LogP contribution in [0, 0.1) is 0 Å². The molecule has 1 aromatic rings. The SMILES string of the molecule is CCC1=C(C(=O)OC)[C@@H](c2ccccc2)N2C(CC(=O)N3CCCC3)=CSC2=N1. The Morgan fingerprint density at radius 1 is 1.21 bits per heavy atom. The minimum atomic E-state index is -0.374. The van der Waals surface area contributed by atoms with Gasteiger partial charge in [0, 0.05) is 18.8 Å². The first-order valence-corrected chi connectivity index (χ1v) is 10.9. The average Bonchev–Trinajstić information content (AvgIpc) is 3.43. The Morgan fingerprint density at radius 3 is 2.59 bits per heavy atom. The van der Waals surface area contributed by atoms with E-state index in [0.717, 1.165) is 48.1 Å². The Hall–Kier alpha value is -2.54. The van der Waals surface area contributed by atoms with Gasteiger partial charge in [0.2, 0.25) is 5.91 Å². The van der Waals surface area contributed by atoms with Crippen molar-refractivity contribution in [2.75, 3.05) is 20.2 Å². The van der Waals surface area contributed by atoms with Crippen molar-refractivity contribution in [2.24, 2.45) is 4.99 Å². The molecule has 1 atom stereocenters. The van der Waals surface area contributed by atoms with Gasteiger partial charge < -0.3 is 14.5 Å². The molecule has 0 bridgehead atoms. The van der Waals surface area contributed by atoms with E-state index in [2.05, 4.69) is 0 Å². The van der Waals surface area contributed by atoms with Gasteiger partial charge in [-0.1, -0.05) is 49.0 Å². The van der Waals surface area contributed by atoms with Crippen LogP contribution in [-0.4, -0.2) is 47.0 Å². The number of hydrogen-bond acceptors (Lipinski definition) is 6. The van der Waals surface area contributed by atoms with Gasteiger partial charge in [-0.15, -0.1) is 0 Å². The average molecular weight is 412 g/mol. The third-order valence-electron chi connectivity index (χ3n) is 5.54. The van der Waals surface area contributed by atoms with E-state index in [1.807, 2.05) is 52.5 Å². The number of esters is 1. The number of benzene rings is 1. The molecule has 0 aliphatic carbocycles. The molecule has 3 aliphatic rings. The summed E-state index contributed by atoms with van der Waals surface area (Å²) in [4.78, 5) is 34.3. The van der Waals surface area contributed by atoms with Crippen molar-refractivity contribution in [2.45, 2.75) is 38.6 Å². The maximum atomic E-state index is 12.8. The fourth-order valence-electron chi connectivity index (χ4n) is 4.10. The van der Waals surface area contributed by atoms with Crippen molar-refractivity contribution in [3.8, 4) is 0 Å². The van der Waals surface area contributed by atoms with Gasteiger partial charge in [-0.2, -0.15) is 0 Å². The summed E-state index contributed by atoms with van der Waals surface area (Å²) < 4.78 is 5.13. The van der Waals surface area contributed by atoms with Crippen molar-refractivity contribution in [1.82, 2.24) is 9.80 Å². The molecule has 6 nitrogen and oxygen atoms in total. The second-order valence-corrected chi connectivity index (χ2v) is 8.11. The van der Waals surface area contributed by atoms with E-state index in [4.69, 9.17) is 9.73 Å². The molecular weight excluding hydrogens is 386 g/mol. The maximum Gasteiger partial charge on any atom is 0.338 e. The summed E-state index contributed by atoms with van der Waals surface area (Å²) in [5, 5.41) is 2.81. The van der Waals surface area contributed by atoms with Crippen LogP contribution in [0.2, 0.25) is 0 Å². The van der Waals surface area contributed by atoms with E-state index in [1.54, 1.807) is 0 Å². The molecule has 4 rings (SSSR count). The Bertz CT molecular complexity index is 901. The van der Waals surface area contributed by atoms with Gasteiger partial charge in [0.05, 0.1) is 30.8 Å². The number of nitrogens with zero attached hydrogens (tertiary/aromatic N) is 3. The van der Waals surface area contributed by atoms with Crippen molar-refractivity contribution in [3.05, 3.63) is 58.3 Å². The summed E-state index contributed by atoms with van der Waals surface area (Å²) in [7, 11) is 1.40. The van der Waals surface area contributed by atoms with E-state index in [-0.39, 0.29) is 17.9 Å². The molecule has 0 radical (unpaired) electrons. The lowest BCUT2D eigenvalue weighted by Gasteiger charge is -2.36. The van der Waals surface area contributed by atoms with Crippen LogP contribution in [-0.2, 0) is 14.3 Å². The minimum absolute atomic E-state index is 0.132. The van der Waals surface area contributed by atoms with Gasteiger partial charge in [0.15, 0.2) is 5.17 Å². The van der Waals surface area contributed by atoms with Gasteiger partial charge in [-0.05, 0) is 30.2 Å². The Labute approximate surface area is 175 Å². The number of aliphatic imine (C=N–C) groups is 1. The lowest BCUT2D eigenvalue weighted by Crippen LogP contribution is -2.38. The summed E-state index contributed by atoms with van der Waals surface area (Å²) >= 11 is 1.51. The highest BCUT2D eigenvalue weighted by atomic mass is 32.2. The van der Waals surface area contributed by atoms with Crippen LogP contribution in [0.5, 0.6) is 0 Å². The first-order valence-electron chi connectivity index (χ1n) is 10.0. The first kappa shape index (κ1) is 19.8. The fraction of sp³-hybridized carbons (Fsp3) is 0.409. The Morgan fingerprint density at radius 2 is 1.93 bits per heavy atom. The van der Waals surface area contributed by atoms with Crippen molar-refractivity contribution >= 4 is 28.8 Å². The second-order valence-electron chi connectivity index (χ2n) is 7.27. The topological polar surface area (TPSA) is 62.2 Å². The van der Waals surface area contributed by atoms with E-state index in [9.17, 15) is 9.59 Å². The van der Waals surface area contributed by atoms with Crippen LogP contribution in [0.15, 0.2) is 57.7 Å². The van der Waals surface area contributed by atoms with Crippen LogP contribution in [0.3, 0.4) is 0 Å². The monoisotopic (exact) mass is 411 g/mol. The van der Waals surface area contributed by atoms with Gasteiger partial charge >= 0.3 is 5.97 Å². The number of carbonyl (C=O) groups is 2. The zero-order valence-electron chi connectivity index (χ0n) is 16.8. The summed E-state index contributed by atoms with van der Waals surface area (Å²) in [5.74, 6) is -0.243. The molecule has 152 valence electrons. The number of hydrogen-bond donors (Lipinski definition) is 0. The Balaban J connectivity index is 1.73. The van der Waals surface area contributed by atoms with Gasteiger partial charge in [-0.25, -0.2) is 9.79 Å². The molecule has 0 saturated carbocycles. The van der Waals surface area contributed by atoms with Crippen molar-refractivity contribution in [1.29, 1.82) is 0 Å². The minimum Gasteiger partial charge on any atom is -0.466 e. The third kappa shape index (κ3) is 3.71. The molecule has 0 N–H and O–H groups in total. The number of carbonyl (C=O) groups excluding carboxylic acids is 2. The standard InChI is InChI=1S/C22H25N3O3S/c1-3-17-19(21(27)28-2)20(15-9-5-4-6-10-15)25-16(14-29-22(25)23-17)13-18(26)24-11-7-8-12-24/h4-6,9-10,14,20H,3,7-8,11-13H2,1-2H3/t20-/m1/s1. The number of amides is 1. The normalized spacial score (nSPS) is 21.1. The second kappa shape index (κ2) is 8.45. The van der Waals surface area contributed by atoms with Crippen LogP contribution >= 0.6 is 11.8 Å². The molecule has 0 aromatic heterocycles. The molecule has 1 saturated heterocycles. The number of rotatable bonds is 5. The number of fused-ring (bicyclic) bond motifs is 1. The zero-order chi connectivity index (χ0) is 20.4. The highest BCUT2D eigenvalue weighted by Crippen LogP contribution is 2.45. The molecule has 3 heterocycles. The van der Waals surface area contributed by atoms with E-state index >= 15 is 0 Å². The fourth-order valence-corrected chi connectivity index (χ4v) is 5.03. The maximum absolute atomic E-state index is 12.8. The van der Waals surface area contributed by atoms with Gasteiger partial charge in [-0.3, -0.25) is 4.79 Å². The predicted octanol–water partition coefficient (Wildman–Crippen LogP) is 3.84. The molecule has 29 heavy (non-hydrogen) atoms. The molecule has 1 aromatic carbocycles. The summed E-state index contributed by atoms with van der Waals surface area (Å²) in [6.45, 7) is 3.65. The Kier molecular flexibility index (Phi) is 5.76. The van der Waals surface area contributed by atoms with E-state index in [1.165, 1.54) is 18.9 Å². The van der Waals surface area contributed by atoms with Crippen LogP contribution in [0.4, 0.5) is 0 Å². The summed E-state index contributed by atoms with van der Waals surface area (Å²) in [6, 6.07) is 9.54. The largest absolute Gasteiger partial charge is 0.466 e. The van der Waals surface area contributed by atoms with Crippen LogP contribution in [0.1, 0.15) is 44.2 Å². The molecular formula is C22H25N3O3S. The molecule has 0 unspecified atom stereocenters. The summed E-state index contributed by atoms with van der Waals surface area (Å²) in [5.41, 5.74) is 3.15. The van der Waals surface area contributed by atoms with Crippen LogP contribution < -0.4 is 0 Å². The van der Waals surface area contributed by atoms with E-state index in [0.29, 0.717) is 18.4 Å². The third-order valence-corrected chi connectivity index (χ3v) is 6.42. The summed E-state index contributed by atoms with van der Waals surface area (Å²) in [6.07, 6.45) is 3.08. The number of ether oxygens (including phenoxy) is 1. The molecule has 7 heteroatoms. The smallest absolute Gasteiger partial charge is 0.338 e. The molecule has 0 spiro atoms. The number of likely N-dealkylation sites (tertiary alicyclic amines) is 1.